The zero-order valence-corrected chi connectivity index (χ0v) is 14.3. The SMILES string of the molecule is CC(C)(COc1ccc(Cl)cc1)C1(C)OC(CCl)CS1. The van der Waals surface area contributed by atoms with E-state index >= 15 is 0 Å². The summed E-state index contributed by atoms with van der Waals surface area (Å²) in [6.45, 7) is 7.02. The fourth-order valence-electron chi connectivity index (χ4n) is 1.99. The number of alkyl halides is 1. The second-order valence-corrected chi connectivity index (χ2v) is 7.92. The van der Waals surface area contributed by atoms with E-state index in [1.807, 2.05) is 36.0 Å². The summed E-state index contributed by atoms with van der Waals surface area (Å²) in [7, 11) is 0. The zero-order valence-electron chi connectivity index (χ0n) is 12.0. The Morgan fingerprint density at radius 3 is 2.60 bits per heavy atom. The van der Waals surface area contributed by atoms with Crippen LogP contribution in [0, 0.1) is 5.41 Å². The summed E-state index contributed by atoms with van der Waals surface area (Å²) in [5.74, 6) is 2.30. The molecular weight excluding hydrogens is 315 g/mol. The fraction of sp³-hybridized carbons (Fsp3) is 0.600. The second kappa shape index (κ2) is 6.35. The van der Waals surface area contributed by atoms with Crippen LogP contribution in [0.4, 0.5) is 0 Å². The average molecular weight is 335 g/mol. The maximum atomic E-state index is 6.10. The number of hydrogen-bond donors (Lipinski definition) is 0. The Labute approximate surface area is 135 Å². The molecule has 0 aromatic heterocycles. The van der Waals surface area contributed by atoms with Crippen molar-refractivity contribution in [3.8, 4) is 5.75 Å². The summed E-state index contributed by atoms with van der Waals surface area (Å²) in [6.07, 6.45) is 0.126. The molecule has 1 fully saturated rings. The van der Waals surface area contributed by atoms with Gasteiger partial charge in [0.25, 0.3) is 0 Å². The van der Waals surface area contributed by atoms with Gasteiger partial charge in [-0.15, -0.1) is 23.4 Å². The minimum atomic E-state index is -0.279. The molecule has 0 saturated carbocycles. The molecule has 1 aromatic carbocycles. The molecule has 1 saturated heterocycles. The number of rotatable bonds is 5. The van der Waals surface area contributed by atoms with E-state index < -0.39 is 0 Å². The highest BCUT2D eigenvalue weighted by atomic mass is 35.5. The van der Waals surface area contributed by atoms with Crippen LogP contribution in [0.15, 0.2) is 24.3 Å². The molecular formula is C15H20Cl2O2S. The Balaban J connectivity index is 1.98. The summed E-state index contributed by atoms with van der Waals surface area (Å²) < 4.78 is 12.0. The first-order chi connectivity index (χ1) is 9.36. The van der Waals surface area contributed by atoms with Crippen LogP contribution in [0.1, 0.15) is 20.8 Å². The Kier molecular flexibility index (Phi) is 5.17. The van der Waals surface area contributed by atoms with Crippen molar-refractivity contribution in [3.05, 3.63) is 29.3 Å². The molecule has 1 aliphatic heterocycles. The van der Waals surface area contributed by atoms with Gasteiger partial charge in [-0.3, -0.25) is 0 Å². The van der Waals surface area contributed by atoms with Crippen LogP contribution in [0.2, 0.25) is 5.02 Å². The standard InChI is InChI=1S/C15H20Cl2O2S/c1-14(2,15(3)19-13(8-16)9-20-15)10-18-12-6-4-11(17)5-7-12/h4-7,13H,8-10H2,1-3H3. The molecule has 0 amide bonds. The van der Waals surface area contributed by atoms with Gasteiger partial charge in [0.05, 0.1) is 12.7 Å². The molecule has 2 nitrogen and oxygen atoms in total. The van der Waals surface area contributed by atoms with Crippen molar-refractivity contribution in [2.45, 2.75) is 31.8 Å². The molecule has 5 heteroatoms. The van der Waals surface area contributed by atoms with Crippen LogP contribution in [-0.2, 0) is 4.74 Å². The van der Waals surface area contributed by atoms with Crippen LogP contribution >= 0.6 is 35.0 Å². The van der Waals surface area contributed by atoms with Gasteiger partial charge in [-0.2, -0.15) is 0 Å². The van der Waals surface area contributed by atoms with Crippen LogP contribution in [-0.4, -0.2) is 29.3 Å². The maximum Gasteiger partial charge on any atom is 0.119 e. The van der Waals surface area contributed by atoms with Gasteiger partial charge in [-0.1, -0.05) is 25.4 Å². The number of benzene rings is 1. The van der Waals surface area contributed by atoms with E-state index in [4.69, 9.17) is 32.7 Å². The van der Waals surface area contributed by atoms with Gasteiger partial charge in [0.1, 0.15) is 10.7 Å². The van der Waals surface area contributed by atoms with E-state index in [1.54, 1.807) is 0 Å². The van der Waals surface area contributed by atoms with E-state index in [0.717, 1.165) is 11.5 Å². The molecule has 0 bridgehead atoms. The normalized spacial score (nSPS) is 26.8. The molecule has 20 heavy (non-hydrogen) atoms. The third-order valence-corrected chi connectivity index (χ3v) is 6.09. The minimum Gasteiger partial charge on any atom is -0.493 e. The van der Waals surface area contributed by atoms with E-state index in [1.165, 1.54) is 0 Å². The van der Waals surface area contributed by atoms with Gasteiger partial charge in [-0.05, 0) is 31.2 Å². The lowest BCUT2D eigenvalue weighted by atomic mass is 9.87. The highest BCUT2D eigenvalue weighted by Crippen LogP contribution is 2.48. The smallest absolute Gasteiger partial charge is 0.119 e. The maximum absolute atomic E-state index is 6.10. The van der Waals surface area contributed by atoms with Crippen molar-refractivity contribution < 1.29 is 9.47 Å². The van der Waals surface area contributed by atoms with Crippen molar-refractivity contribution >= 4 is 35.0 Å². The number of halogens is 2. The van der Waals surface area contributed by atoms with Gasteiger partial charge in [0.2, 0.25) is 0 Å². The van der Waals surface area contributed by atoms with Crippen molar-refractivity contribution in [1.29, 1.82) is 0 Å². The molecule has 112 valence electrons. The van der Waals surface area contributed by atoms with E-state index in [9.17, 15) is 0 Å². The largest absolute Gasteiger partial charge is 0.493 e. The summed E-state index contributed by atoms with van der Waals surface area (Å²) in [5.41, 5.74) is -0.127. The Bertz CT molecular complexity index is 450. The first kappa shape index (κ1) is 16.3. The molecule has 0 spiro atoms. The van der Waals surface area contributed by atoms with Crippen molar-refractivity contribution in [3.63, 3.8) is 0 Å². The number of ether oxygens (including phenoxy) is 2. The summed E-state index contributed by atoms with van der Waals surface area (Å²) in [6, 6.07) is 7.42. The Morgan fingerprint density at radius 2 is 2.05 bits per heavy atom. The van der Waals surface area contributed by atoms with Crippen molar-refractivity contribution in [2.24, 2.45) is 5.41 Å². The van der Waals surface area contributed by atoms with Gasteiger partial charge in [0, 0.05) is 22.1 Å². The van der Waals surface area contributed by atoms with Crippen LogP contribution in [0.3, 0.4) is 0 Å². The first-order valence-corrected chi connectivity index (χ1v) is 8.52. The van der Waals surface area contributed by atoms with E-state index in [0.29, 0.717) is 17.5 Å². The van der Waals surface area contributed by atoms with E-state index in [-0.39, 0.29) is 16.5 Å². The highest BCUT2D eigenvalue weighted by Gasteiger charge is 2.48. The topological polar surface area (TPSA) is 18.5 Å². The molecule has 2 rings (SSSR count). The molecule has 2 atom stereocenters. The van der Waals surface area contributed by atoms with Gasteiger partial charge >= 0.3 is 0 Å². The van der Waals surface area contributed by atoms with E-state index in [2.05, 4.69) is 20.8 Å². The van der Waals surface area contributed by atoms with Gasteiger partial charge in [-0.25, -0.2) is 0 Å². The lowest BCUT2D eigenvalue weighted by Crippen LogP contribution is -2.44. The lowest BCUT2D eigenvalue weighted by molar-refractivity contribution is -0.0708. The monoisotopic (exact) mass is 334 g/mol. The highest BCUT2D eigenvalue weighted by molar-refractivity contribution is 8.00. The predicted molar refractivity (Wildman–Crippen MR) is 87.2 cm³/mol. The summed E-state index contributed by atoms with van der Waals surface area (Å²) in [4.78, 5) is -0.279. The summed E-state index contributed by atoms with van der Waals surface area (Å²) >= 11 is 13.6. The molecule has 0 radical (unpaired) electrons. The third kappa shape index (κ3) is 3.56. The van der Waals surface area contributed by atoms with Crippen LogP contribution in [0.5, 0.6) is 5.75 Å². The predicted octanol–water partition coefficient (Wildman–Crippen LogP) is 4.83. The second-order valence-electron chi connectivity index (χ2n) is 5.78. The molecule has 1 aliphatic rings. The number of hydrogen-bond acceptors (Lipinski definition) is 3. The minimum absolute atomic E-state index is 0.126. The molecule has 1 heterocycles. The quantitative estimate of drug-likeness (QED) is 0.718. The zero-order chi connectivity index (χ0) is 14.8. The van der Waals surface area contributed by atoms with Gasteiger partial charge < -0.3 is 9.47 Å². The van der Waals surface area contributed by atoms with Crippen molar-refractivity contribution in [1.82, 2.24) is 0 Å². The summed E-state index contributed by atoms with van der Waals surface area (Å²) in [5, 5.41) is 0.711. The number of thioether (sulfide) groups is 1. The Morgan fingerprint density at radius 1 is 1.40 bits per heavy atom. The first-order valence-electron chi connectivity index (χ1n) is 6.62. The van der Waals surface area contributed by atoms with Gasteiger partial charge in [0.15, 0.2) is 0 Å². The third-order valence-electron chi connectivity index (χ3n) is 3.75. The lowest BCUT2D eigenvalue weighted by Gasteiger charge is -2.39. The van der Waals surface area contributed by atoms with Crippen LogP contribution in [0.25, 0.3) is 0 Å². The Hall–Kier alpha value is -0.0900. The fourth-order valence-corrected chi connectivity index (χ4v) is 3.77. The molecule has 1 aromatic rings. The van der Waals surface area contributed by atoms with Crippen LogP contribution < -0.4 is 4.74 Å². The van der Waals surface area contributed by atoms with Crippen molar-refractivity contribution in [2.75, 3.05) is 18.2 Å². The molecule has 0 aliphatic carbocycles. The molecule has 2 unspecified atom stereocenters. The molecule has 0 N–H and O–H groups in total. The average Bonchev–Trinajstić information content (AvgIpc) is 2.82.